The summed E-state index contributed by atoms with van der Waals surface area (Å²) in [7, 11) is -4.61. The Balaban J connectivity index is 2.34. The molecule has 0 bridgehead atoms. The molecule has 408 valence electrons. The van der Waals surface area contributed by atoms with Crippen LogP contribution in [0.25, 0.3) is 0 Å². The molecule has 0 amide bonds. The number of aliphatic hydroxyl groups is 3. The van der Waals surface area contributed by atoms with E-state index in [1.54, 1.807) is 0 Å². The predicted octanol–water partition coefficient (Wildman–Crippen LogP) is 13.5. The first-order valence-corrected chi connectivity index (χ1v) is 29.8. The number of esters is 2. The number of hydrogen-bond donors (Lipinski definition) is 4. The molecule has 70 heavy (non-hydrogen) atoms. The molecule has 1 rings (SSSR count). The summed E-state index contributed by atoms with van der Waals surface area (Å²) in [4.78, 5) is 25.6. The van der Waals surface area contributed by atoms with Crippen LogP contribution in [0, 0.1) is 0 Å². The van der Waals surface area contributed by atoms with Crippen molar-refractivity contribution < 1.29 is 56.8 Å². The Bertz CT molecular complexity index is 1460. The highest BCUT2D eigenvalue weighted by atomic mass is 32.2. The van der Waals surface area contributed by atoms with Gasteiger partial charge >= 0.3 is 11.9 Å². The molecule has 1 aliphatic heterocycles. The van der Waals surface area contributed by atoms with Crippen LogP contribution in [0.5, 0.6) is 0 Å². The van der Waals surface area contributed by atoms with Gasteiger partial charge in [0, 0.05) is 12.8 Å². The maximum atomic E-state index is 12.9. The van der Waals surface area contributed by atoms with Gasteiger partial charge in [-0.1, -0.05) is 204 Å². The smallest absolute Gasteiger partial charge is 0.306 e. The van der Waals surface area contributed by atoms with Crippen molar-refractivity contribution in [2.75, 3.05) is 19.0 Å². The fourth-order valence-corrected chi connectivity index (χ4v) is 9.19. The standard InChI is InChI=1S/C57H102O12S/c1-3-5-7-9-11-13-15-17-19-21-23-25-27-29-31-33-35-37-39-41-43-45-52(58)66-47-50(48-67-57-56(62)55(61)54(60)51(69-57)49-70(63,64)65)68-53(59)46-44-42-40-38-36-34-32-30-28-26-24-22-20-18-16-14-12-10-8-6-4-2/h15-18,21-24,50-51,54-57,60-62H,3-14,19-20,25-49H2,1-2H3,(H,63,64,65)/b17-15-,18-16-,23-21-,24-22-. The number of hydrogen-bond acceptors (Lipinski definition) is 11. The van der Waals surface area contributed by atoms with Crippen molar-refractivity contribution in [3.05, 3.63) is 48.6 Å². The van der Waals surface area contributed by atoms with Crippen LogP contribution in [-0.4, -0.2) is 96.0 Å². The van der Waals surface area contributed by atoms with Crippen LogP contribution in [0.3, 0.4) is 0 Å². The summed E-state index contributed by atoms with van der Waals surface area (Å²) in [5.41, 5.74) is 0. The van der Waals surface area contributed by atoms with E-state index in [9.17, 15) is 37.9 Å². The van der Waals surface area contributed by atoms with E-state index in [2.05, 4.69) is 62.5 Å². The number of aliphatic hydroxyl groups excluding tert-OH is 3. The maximum Gasteiger partial charge on any atom is 0.306 e. The zero-order valence-electron chi connectivity index (χ0n) is 44.1. The van der Waals surface area contributed by atoms with Crippen LogP contribution < -0.4 is 0 Å². The highest BCUT2D eigenvalue weighted by Gasteiger charge is 2.46. The minimum atomic E-state index is -4.61. The van der Waals surface area contributed by atoms with Gasteiger partial charge in [0.1, 0.15) is 36.8 Å². The van der Waals surface area contributed by atoms with Gasteiger partial charge < -0.3 is 34.3 Å². The summed E-state index contributed by atoms with van der Waals surface area (Å²) in [5.74, 6) is -1.99. The predicted molar refractivity (Wildman–Crippen MR) is 284 cm³/mol. The Hall–Kier alpha value is -2.39. The molecule has 0 saturated carbocycles. The lowest BCUT2D eigenvalue weighted by Gasteiger charge is -2.40. The van der Waals surface area contributed by atoms with Gasteiger partial charge in [-0.25, -0.2) is 0 Å². The molecule has 0 radical (unpaired) electrons. The van der Waals surface area contributed by atoms with Crippen molar-refractivity contribution in [1.29, 1.82) is 0 Å². The Morgan fingerprint density at radius 3 is 1.26 bits per heavy atom. The van der Waals surface area contributed by atoms with E-state index in [1.807, 2.05) is 0 Å². The second-order valence-corrected chi connectivity index (χ2v) is 21.1. The van der Waals surface area contributed by atoms with Crippen molar-refractivity contribution in [1.82, 2.24) is 0 Å². The normalized spacial score (nSPS) is 19.3. The molecule has 6 atom stereocenters. The fraction of sp³-hybridized carbons (Fsp3) is 0.825. The molecule has 0 spiro atoms. The zero-order chi connectivity index (χ0) is 51.2. The van der Waals surface area contributed by atoms with Crippen LogP contribution in [0.2, 0.25) is 0 Å². The molecule has 0 aromatic carbocycles. The van der Waals surface area contributed by atoms with Gasteiger partial charge in [-0.2, -0.15) is 8.42 Å². The monoisotopic (exact) mass is 1010 g/mol. The fourth-order valence-electron chi connectivity index (χ4n) is 8.50. The minimum absolute atomic E-state index is 0.158. The zero-order valence-corrected chi connectivity index (χ0v) is 44.9. The van der Waals surface area contributed by atoms with E-state index >= 15 is 0 Å². The van der Waals surface area contributed by atoms with E-state index < -0.39 is 71.2 Å². The first-order chi connectivity index (χ1) is 34.0. The number of carbonyl (C=O) groups is 2. The van der Waals surface area contributed by atoms with Crippen LogP contribution in [0.1, 0.15) is 245 Å². The Labute approximate surface area is 426 Å². The van der Waals surface area contributed by atoms with Gasteiger partial charge in [0.25, 0.3) is 10.1 Å². The van der Waals surface area contributed by atoms with Crippen LogP contribution in [0.15, 0.2) is 48.6 Å². The second-order valence-electron chi connectivity index (χ2n) is 19.6. The molecule has 1 heterocycles. The molecule has 4 N–H and O–H groups in total. The third-order valence-corrected chi connectivity index (χ3v) is 13.6. The molecule has 12 nitrogen and oxygen atoms in total. The molecule has 13 heteroatoms. The van der Waals surface area contributed by atoms with Crippen molar-refractivity contribution in [2.24, 2.45) is 0 Å². The summed E-state index contributed by atoms with van der Waals surface area (Å²) >= 11 is 0. The first kappa shape index (κ1) is 65.6. The molecular weight excluding hydrogens is 909 g/mol. The van der Waals surface area contributed by atoms with Crippen LogP contribution >= 0.6 is 0 Å². The maximum absolute atomic E-state index is 12.9. The summed E-state index contributed by atoms with van der Waals surface area (Å²) in [6, 6.07) is 0. The molecular formula is C57H102O12S. The van der Waals surface area contributed by atoms with Gasteiger partial charge in [-0.3, -0.25) is 14.1 Å². The molecule has 0 aliphatic carbocycles. The van der Waals surface area contributed by atoms with Crippen molar-refractivity contribution >= 4 is 22.1 Å². The number of carbonyl (C=O) groups excluding carboxylic acids is 2. The average molecular weight is 1010 g/mol. The topological polar surface area (TPSA) is 186 Å². The van der Waals surface area contributed by atoms with Gasteiger partial charge in [0.05, 0.1) is 6.61 Å². The lowest BCUT2D eigenvalue weighted by molar-refractivity contribution is -0.297. The Kier molecular flexibility index (Phi) is 43.5. The average Bonchev–Trinajstić information content (AvgIpc) is 3.33. The van der Waals surface area contributed by atoms with Gasteiger partial charge in [0.15, 0.2) is 12.4 Å². The Morgan fingerprint density at radius 2 is 0.857 bits per heavy atom. The van der Waals surface area contributed by atoms with E-state index in [1.165, 1.54) is 135 Å². The molecule has 1 saturated heterocycles. The number of unbranched alkanes of at least 4 members (excludes halogenated alkanes) is 28. The summed E-state index contributed by atoms with van der Waals surface area (Å²) in [5, 5.41) is 31.0. The quantitative estimate of drug-likeness (QED) is 0.0196. The van der Waals surface area contributed by atoms with Gasteiger partial charge in [-0.15, -0.1) is 0 Å². The van der Waals surface area contributed by atoms with E-state index in [-0.39, 0.29) is 19.4 Å². The first-order valence-electron chi connectivity index (χ1n) is 28.2. The third-order valence-electron chi connectivity index (χ3n) is 12.9. The summed E-state index contributed by atoms with van der Waals surface area (Å²) < 4.78 is 54.4. The summed E-state index contributed by atoms with van der Waals surface area (Å²) in [6.07, 6.45) is 48.6. The number of allylic oxidation sites excluding steroid dienone is 8. The van der Waals surface area contributed by atoms with Crippen molar-refractivity contribution in [3.63, 3.8) is 0 Å². The van der Waals surface area contributed by atoms with Crippen molar-refractivity contribution in [3.8, 4) is 0 Å². The molecule has 0 aromatic rings. The van der Waals surface area contributed by atoms with E-state index in [0.717, 1.165) is 70.6 Å². The SMILES string of the molecule is CCCCCCC/C=C\C/C=C\CCCCCCCCCCCC(=O)OCC(COC1OC(CS(=O)(=O)O)C(O)C(O)C1O)OC(=O)CCCCCCCCCCC/C=C\C/C=C\CCCCCCC. The van der Waals surface area contributed by atoms with E-state index in [0.29, 0.717) is 12.8 Å². The molecule has 6 unspecified atom stereocenters. The minimum Gasteiger partial charge on any atom is -0.462 e. The molecule has 0 aromatic heterocycles. The largest absolute Gasteiger partial charge is 0.462 e. The van der Waals surface area contributed by atoms with Crippen LogP contribution in [-0.2, 0) is 38.7 Å². The van der Waals surface area contributed by atoms with Gasteiger partial charge in [-0.05, 0) is 77.0 Å². The lowest BCUT2D eigenvalue weighted by Crippen LogP contribution is -2.60. The molecule has 1 aliphatic rings. The van der Waals surface area contributed by atoms with Crippen molar-refractivity contribution in [2.45, 2.75) is 282 Å². The third kappa shape index (κ3) is 40.1. The second kappa shape index (κ2) is 46.4. The summed E-state index contributed by atoms with van der Waals surface area (Å²) in [6.45, 7) is 3.77. The van der Waals surface area contributed by atoms with E-state index in [4.69, 9.17) is 18.9 Å². The number of rotatable bonds is 48. The van der Waals surface area contributed by atoms with Gasteiger partial charge in [0.2, 0.25) is 0 Å². The van der Waals surface area contributed by atoms with Crippen LogP contribution in [0.4, 0.5) is 0 Å². The number of ether oxygens (including phenoxy) is 4. The molecule has 1 fully saturated rings. The Morgan fingerprint density at radius 1 is 0.486 bits per heavy atom. The lowest BCUT2D eigenvalue weighted by atomic mass is 10.00. The highest BCUT2D eigenvalue weighted by molar-refractivity contribution is 7.85. The highest BCUT2D eigenvalue weighted by Crippen LogP contribution is 2.24.